The summed E-state index contributed by atoms with van der Waals surface area (Å²) < 4.78 is 2.25. The second-order valence-electron chi connectivity index (χ2n) is 8.46. The van der Waals surface area contributed by atoms with Gasteiger partial charge in [0.15, 0.2) is 10.6 Å². The number of piperazine rings is 1. The van der Waals surface area contributed by atoms with Crippen LogP contribution in [0.25, 0.3) is 22.3 Å². The van der Waals surface area contributed by atoms with Crippen molar-refractivity contribution in [2.24, 2.45) is 0 Å². The number of nitrogens with one attached hydrogen (secondary N) is 1. The third-order valence-corrected chi connectivity index (χ3v) is 6.47. The van der Waals surface area contributed by atoms with Gasteiger partial charge in [-0.1, -0.05) is 48.0 Å². The van der Waals surface area contributed by atoms with Gasteiger partial charge >= 0.3 is 0 Å². The quantitative estimate of drug-likeness (QED) is 0.461. The molecule has 5 rings (SSSR count). The summed E-state index contributed by atoms with van der Waals surface area (Å²) in [6.45, 7) is 6.11. The molecule has 4 aromatic rings. The van der Waals surface area contributed by atoms with Gasteiger partial charge in [-0.2, -0.15) is 5.10 Å². The predicted octanol–water partition coefficient (Wildman–Crippen LogP) is 3.81. The number of aromatic nitrogens is 4. The van der Waals surface area contributed by atoms with Crippen LogP contribution in [-0.2, 0) is 17.9 Å². The van der Waals surface area contributed by atoms with Crippen molar-refractivity contribution in [3.8, 4) is 11.4 Å². The van der Waals surface area contributed by atoms with Gasteiger partial charge in [0.25, 0.3) is 0 Å². The molecule has 1 aliphatic heterocycles. The molecule has 0 aliphatic carbocycles. The molecule has 1 N–H and O–H groups in total. The Morgan fingerprint density at radius 2 is 1.85 bits per heavy atom. The molecule has 1 amide bonds. The molecule has 168 valence electrons. The summed E-state index contributed by atoms with van der Waals surface area (Å²) in [5.74, 6) is 0.757. The number of amides is 1. The lowest BCUT2D eigenvalue weighted by Crippen LogP contribution is -2.49. The third-order valence-electron chi connectivity index (χ3n) is 6.16. The van der Waals surface area contributed by atoms with Crippen LogP contribution < -0.4 is 0 Å². The lowest BCUT2D eigenvalue weighted by Gasteiger charge is -2.35. The molecule has 1 saturated heterocycles. The van der Waals surface area contributed by atoms with E-state index in [0.717, 1.165) is 41.7 Å². The normalized spacial score (nSPS) is 14.6. The second kappa shape index (κ2) is 9.25. The van der Waals surface area contributed by atoms with Crippen molar-refractivity contribution in [1.82, 2.24) is 29.5 Å². The first-order valence-corrected chi connectivity index (χ1v) is 11.5. The highest BCUT2D eigenvalue weighted by atomic mass is 32.1. The van der Waals surface area contributed by atoms with E-state index in [1.165, 1.54) is 5.56 Å². The van der Waals surface area contributed by atoms with Gasteiger partial charge in [-0.25, -0.2) is 0 Å². The standard InChI is InChI=1S/C25H26N6OS/c1-18-5-2-7-20(15-18)24-27-28-25(33)31(24)17-22(32)30-13-11-29(12-14-30)16-21-8-3-6-19-9-4-10-26-23(19)21/h2-10,15H,11-14,16-17H2,1H3,(H,28,33). The van der Waals surface area contributed by atoms with Crippen molar-refractivity contribution < 1.29 is 4.79 Å². The van der Waals surface area contributed by atoms with Crippen LogP contribution in [0.4, 0.5) is 0 Å². The first kappa shape index (κ1) is 21.5. The molecule has 8 heteroatoms. The molecule has 0 atom stereocenters. The number of aromatic amines is 1. The van der Waals surface area contributed by atoms with Gasteiger partial charge in [0, 0.05) is 49.9 Å². The maximum atomic E-state index is 13.1. The van der Waals surface area contributed by atoms with Crippen molar-refractivity contribution >= 4 is 29.0 Å². The monoisotopic (exact) mass is 458 g/mol. The Labute approximate surface area is 197 Å². The number of nitrogens with zero attached hydrogens (tertiary/aromatic N) is 5. The van der Waals surface area contributed by atoms with E-state index in [-0.39, 0.29) is 12.5 Å². The summed E-state index contributed by atoms with van der Waals surface area (Å²) in [6, 6.07) is 18.4. The van der Waals surface area contributed by atoms with Gasteiger partial charge in [-0.05, 0) is 36.8 Å². The topological polar surface area (TPSA) is 70.1 Å². The molecule has 7 nitrogen and oxygen atoms in total. The molecule has 33 heavy (non-hydrogen) atoms. The molecule has 1 aliphatic rings. The Morgan fingerprint density at radius 1 is 1.06 bits per heavy atom. The minimum absolute atomic E-state index is 0.0629. The number of para-hydroxylation sites is 1. The summed E-state index contributed by atoms with van der Waals surface area (Å²) in [4.78, 5) is 22.0. The summed E-state index contributed by atoms with van der Waals surface area (Å²) in [5.41, 5.74) is 4.36. The van der Waals surface area contributed by atoms with E-state index in [1.807, 2.05) is 48.4 Å². The highest BCUT2D eigenvalue weighted by Crippen LogP contribution is 2.20. The lowest BCUT2D eigenvalue weighted by molar-refractivity contribution is -0.133. The van der Waals surface area contributed by atoms with E-state index in [9.17, 15) is 4.79 Å². The van der Waals surface area contributed by atoms with Gasteiger partial charge in [-0.15, -0.1) is 0 Å². The van der Waals surface area contributed by atoms with Gasteiger partial charge in [0.1, 0.15) is 6.54 Å². The summed E-state index contributed by atoms with van der Waals surface area (Å²) in [7, 11) is 0. The van der Waals surface area contributed by atoms with E-state index in [2.05, 4.69) is 44.3 Å². The highest BCUT2D eigenvalue weighted by Gasteiger charge is 2.23. The van der Waals surface area contributed by atoms with Crippen molar-refractivity contribution in [1.29, 1.82) is 0 Å². The van der Waals surface area contributed by atoms with Crippen LogP contribution in [0, 0.1) is 11.7 Å². The van der Waals surface area contributed by atoms with Crippen molar-refractivity contribution in [2.75, 3.05) is 26.2 Å². The summed E-state index contributed by atoms with van der Waals surface area (Å²) in [6.07, 6.45) is 1.84. The summed E-state index contributed by atoms with van der Waals surface area (Å²) in [5, 5.41) is 8.37. The van der Waals surface area contributed by atoms with E-state index in [4.69, 9.17) is 12.2 Å². The largest absolute Gasteiger partial charge is 0.339 e. The van der Waals surface area contributed by atoms with E-state index in [1.54, 1.807) is 4.57 Å². The SMILES string of the molecule is Cc1cccc(-c2n[nH]c(=S)n2CC(=O)N2CCN(Cc3cccc4cccnc34)CC2)c1. The maximum Gasteiger partial charge on any atom is 0.242 e. The molecule has 0 unspecified atom stereocenters. The number of fused-ring (bicyclic) bond motifs is 1. The number of rotatable bonds is 5. The van der Waals surface area contributed by atoms with Crippen LogP contribution in [0.5, 0.6) is 0 Å². The number of carbonyl (C=O) groups is 1. The van der Waals surface area contributed by atoms with Crippen LogP contribution in [0.15, 0.2) is 60.8 Å². The molecule has 1 fully saturated rings. The molecule has 0 saturated carbocycles. The zero-order valence-corrected chi connectivity index (χ0v) is 19.4. The number of carbonyl (C=O) groups excluding carboxylic acids is 1. The molecule has 0 radical (unpaired) electrons. The van der Waals surface area contributed by atoms with Crippen LogP contribution in [0.3, 0.4) is 0 Å². The van der Waals surface area contributed by atoms with Crippen molar-refractivity contribution in [3.63, 3.8) is 0 Å². The van der Waals surface area contributed by atoms with Crippen molar-refractivity contribution in [2.45, 2.75) is 20.0 Å². The molecule has 0 bridgehead atoms. The fourth-order valence-corrected chi connectivity index (χ4v) is 4.59. The van der Waals surface area contributed by atoms with Crippen LogP contribution in [0.1, 0.15) is 11.1 Å². The van der Waals surface area contributed by atoms with Gasteiger partial charge in [-0.3, -0.25) is 24.3 Å². The van der Waals surface area contributed by atoms with Crippen molar-refractivity contribution in [3.05, 3.63) is 76.7 Å². The summed E-state index contributed by atoms with van der Waals surface area (Å²) >= 11 is 5.42. The van der Waals surface area contributed by atoms with E-state index in [0.29, 0.717) is 23.7 Å². The average Bonchev–Trinajstić information content (AvgIpc) is 3.20. The minimum Gasteiger partial charge on any atom is -0.339 e. The number of hydrogen-bond acceptors (Lipinski definition) is 5. The predicted molar refractivity (Wildman–Crippen MR) is 131 cm³/mol. The molecule has 2 aromatic heterocycles. The first-order chi connectivity index (χ1) is 16.1. The smallest absolute Gasteiger partial charge is 0.242 e. The zero-order chi connectivity index (χ0) is 22.8. The Kier molecular flexibility index (Phi) is 6.02. The van der Waals surface area contributed by atoms with Crippen LogP contribution >= 0.6 is 12.2 Å². The number of aryl methyl sites for hydroxylation is 1. The Hall–Kier alpha value is -3.36. The number of hydrogen-bond donors (Lipinski definition) is 1. The Balaban J connectivity index is 1.24. The average molecular weight is 459 g/mol. The maximum absolute atomic E-state index is 13.1. The zero-order valence-electron chi connectivity index (χ0n) is 18.6. The lowest BCUT2D eigenvalue weighted by atomic mass is 10.1. The van der Waals surface area contributed by atoms with Crippen LogP contribution in [-0.4, -0.2) is 61.6 Å². The number of H-pyrrole nitrogens is 1. The highest BCUT2D eigenvalue weighted by molar-refractivity contribution is 7.71. The number of pyridine rings is 1. The van der Waals surface area contributed by atoms with E-state index >= 15 is 0 Å². The Morgan fingerprint density at radius 3 is 2.67 bits per heavy atom. The minimum atomic E-state index is 0.0629. The second-order valence-corrected chi connectivity index (χ2v) is 8.84. The van der Waals surface area contributed by atoms with Crippen LogP contribution in [0.2, 0.25) is 0 Å². The van der Waals surface area contributed by atoms with Gasteiger partial charge < -0.3 is 4.90 Å². The van der Waals surface area contributed by atoms with E-state index < -0.39 is 0 Å². The molecule has 0 spiro atoms. The first-order valence-electron chi connectivity index (χ1n) is 11.1. The Bertz CT molecular complexity index is 1350. The van der Waals surface area contributed by atoms with Gasteiger partial charge in [0.05, 0.1) is 5.52 Å². The number of benzene rings is 2. The molecule has 3 heterocycles. The van der Waals surface area contributed by atoms with Gasteiger partial charge in [0.2, 0.25) is 5.91 Å². The fraction of sp³-hybridized carbons (Fsp3) is 0.280. The fourth-order valence-electron chi connectivity index (χ4n) is 4.40. The molecular weight excluding hydrogens is 432 g/mol. The molecule has 2 aromatic carbocycles. The third kappa shape index (κ3) is 4.58. The molecular formula is C25H26N6OS.